The fraction of sp³-hybridized carbons (Fsp3) is 0.467. The molecule has 0 radical (unpaired) electrons. The van der Waals surface area contributed by atoms with E-state index in [-0.39, 0.29) is 5.54 Å². The van der Waals surface area contributed by atoms with Gasteiger partial charge in [-0.25, -0.2) is 0 Å². The number of fused-ring (bicyclic) bond motifs is 3. The largest absolute Gasteiger partial charge is 0.497 e. The highest BCUT2D eigenvalue weighted by molar-refractivity contribution is 5.43. The molecule has 90 valence electrons. The third-order valence-electron chi connectivity index (χ3n) is 4.35. The highest BCUT2D eigenvalue weighted by atomic mass is 16.5. The van der Waals surface area contributed by atoms with Crippen molar-refractivity contribution in [3.05, 3.63) is 41.5 Å². The van der Waals surface area contributed by atoms with Crippen LogP contribution in [0.4, 0.5) is 0 Å². The Balaban J connectivity index is 2.11. The number of rotatable bonds is 1. The topological polar surface area (TPSA) is 35.2 Å². The molecule has 3 rings (SSSR count). The van der Waals surface area contributed by atoms with Crippen molar-refractivity contribution in [3.8, 4) is 5.75 Å². The Morgan fingerprint density at radius 1 is 1.35 bits per heavy atom. The molecular formula is C15H19NO. The summed E-state index contributed by atoms with van der Waals surface area (Å²) in [5.74, 6) is 1.51. The normalized spacial score (nSPS) is 30.6. The van der Waals surface area contributed by atoms with Gasteiger partial charge >= 0.3 is 0 Å². The van der Waals surface area contributed by atoms with Gasteiger partial charge in [-0.15, -0.1) is 0 Å². The van der Waals surface area contributed by atoms with Crippen molar-refractivity contribution in [2.45, 2.75) is 31.2 Å². The Kier molecular flexibility index (Phi) is 2.48. The first-order chi connectivity index (χ1) is 8.24. The van der Waals surface area contributed by atoms with Crippen LogP contribution in [0.2, 0.25) is 0 Å². The monoisotopic (exact) mass is 229 g/mol. The maximum absolute atomic E-state index is 6.69. The third-order valence-corrected chi connectivity index (χ3v) is 4.35. The van der Waals surface area contributed by atoms with Gasteiger partial charge in [0.25, 0.3) is 0 Å². The van der Waals surface area contributed by atoms with Gasteiger partial charge in [0.05, 0.1) is 7.11 Å². The number of benzene rings is 1. The van der Waals surface area contributed by atoms with E-state index in [1.807, 2.05) is 6.07 Å². The van der Waals surface area contributed by atoms with E-state index in [1.165, 1.54) is 17.5 Å². The molecule has 0 saturated heterocycles. The van der Waals surface area contributed by atoms with Gasteiger partial charge in [0.15, 0.2) is 0 Å². The molecule has 0 fully saturated rings. The summed E-state index contributed by atoms with van der Waals surface area (Å²) in [7, 11) is 1.71. The molecule has 1 aromatic carbocycles. The van der Waals surface area contributed by atoms with Crippen molar-refractivity contribution < 1.29 is 4.74 Å². The van der Waals surface area contributed by atoms with E-state index < -0.39 is 0 Å². The Morgan fingerprint density at radius 3 is 3.06 bits per heavy atom. The molecule has 0 saturated carbocycles. The van der Waals surface area contributed by atoms with Gasteiger partial charge in [-0.2, -0.15) is 0 Å². The highest BCUT2D eigenvalue weighted by Crippen LogP contribution is 2.45. The van der Waals surface area contributed by atoms with Crippen molar-refractivity contribution in [2.24, 2.45) is 11.7 Å². The number of hydrogen-bond acceptors (Lipinski definition) is 2. The molecule has 0 aliphatic heterocycles. The second-order valence-corrected chi connectivity index (χ2v) is 5.21. The van der Waals surface area contributed by atoms with E-state index in [2.05, 4.69) is 24.3 Å². The second kappa shape index (κ2) is 3.88. The smallest absolute Gasteiger partial charge is 0.119 e. The zero-order chi connectivity index (χ0) is 11.9. The summed E-state index contributed by atoms with van der Waals surface area (Å²) in [4.78, 5) is 0. The van der Waals surface area contributed by atoms with Crippen LogP contribution in [0.25, 0.3) is 0 Å². The van der Waals surface area contributed by atoms with Crippen molar-refractivity contribution in [2.75, 3.05) is 7.11 Å². The summed E-state index contributed by atoms with van der Waals surface area (Å²) < 4.78 is 5.33. The standard InChI is InChI=1S/C15H19NO/c1-17-13-8-6-11-5-7-12-4-2-3-9-15(12,16)14(11)10-13/h2-3,6,8,10,12H,4-5,7,9,16H2,1H3/t12-,15+/m1/s1. The number of hydrogen-bond donors (Lipinski definition) is 1. The van der Waals surface area contributed by atoms with Crippen LogP contribution in [-0.4, -0.2) is 7.11 Å². The lowest BCUT2D eigenvalue weighted by Gasteiger charge is -2.44. The van der Waals surface area contributed by atoms with Crippen molar-refractivity contribution >= 4 is 0 Å². The molecule has 0 heterocycles. The van der Waals surface area contributed by atoms with Crippen molar-refractivity contribution in [3.63, 3.8) is 0 Å². The number of aryl methyl sites for hydroxylation is 1. The molecule has 0 bridgehead atoms. The summed E-state index contributed by atoms with van der Waals surface area (Å²) in [6.45, 7) is 0. The summed E-state index contributed by atoms with van der Waals surface area (Å²) in [6, 6.07) is 6.36. The number of methoxy groups -OCH3 is 1. The van der Waals surface area contributed by atoms with Crippen LogP contribution in [0.3, 0.4) is 0 Å². The summed E-state index contributed by atoms with van der Waals surface area (Å²) >= 11 is 0. The fourth-order valence-electron chi connectivity index (χ4n) is 3.28. The third kappa shape index (κ3) is 1.59. The van der Waals surface area contributed by atoms with E-state index in [0.717, 1.165) is 25.0 Å². The predicted molar refractivity (Wildman–Crippen MR) is 69.0 cm³/mol. The number of ether oxygens (including phenoxy) is 1. The molecule has 0 unspecified atom stereocenters. The Labute approximate surface area is 102 Å². The highest BCUT2D eigenvalue weighted by Gasteiger charge is 2.41. The molecule has 2 nitrogen and oxygen atoms in total. The number of allylic oxidation sites excluding steroid dienone is 1. The minimum absolute atomic E-state index is 0.170. The lowest BCUT2D eigenvalue weighted by atomic mass is 9.65. The minimum Gasteiger partial charge on any atom is -0.497 e. The lowest BCUT2D eigenvalue weighted by Crippen LogP contribution is -2.48. The average Bonchev–Trinajstić information content (AvgIpc) is 2.38. The molecule has 2 aliphatic carbocycles. The van der Waals surface area contributed by atoms with E-state index in [9.17, 15) is 0 Å². The lowest BCUT2D eigenvalue weighted by molar-refractivity contribution is 0.231. The molecule has 17 heavy (non-hydrogen) atoms. The van der Waals surface area contributed by atoms with Gasteiger partial charge in [0.1, 0.15) is 5.75 Å². The Bertz CT molecular complexity index is 466. The Hall–Kier alpha value is -1.28. The molecule has 0 amide bonds. The van der Waals surface area contributed by atoms with Crippen LogP contribution in [0.5, 0.6) is 5.75 Å². The summed E-state index contributed by atoms with van der Waals surface area (Å²) in [5, 5.41) is 0. The van der Waals surface area contributed by atoms with E-state index >= 15 is 0 Å². The fourth-order valence-corrected chi connectivity index (χ4v) is 3.28. The maximum Gasteiger partial charge on any atom is 0.119 e. The second-order valence-electron chi connectivity index (χ2n) is 5.21. The summed E-state index contributed by atoms with van der Waals surface area (Å²) in [6.07, 6.45) is 8.94. The molecule has 2 heteroatoms. The predicted octanol–water partition coefficient (Wildman–Crippen LogP) is 2.76. The van der Waals surface area contributed by atoms with E-state index in [1.54, 1.807) is 7.11 Å². The van der Waals surface area contributed by atoms with Crippen molar-refractivity contribution in [1.29, 1.82) is 0 Å². The van der Waals surface area contributed by atoms with Crippen LogP contribution in [-0.2, 0) is 12.0 Å². The maximum atomic E-state index is 6.69. The first kappa shape index (κ1) is 10.8. The first-order valence-corrected chi connectivity index (χ1v) is 6.35. The SMILES string of the molecule is COc1ccc2c(c1)[C@]1(N)CC=CC[C@@H]1CC2. The summed E-state index contributed by atoms with van der Waals surface area (Å²) in [5.41, 5.74) is 9.23. The molecular weight excluding hydrogens is 210 g/mol. The Morgan fingerprint density at radius 2 is 2.24 bits per heavy atom. The van der Waals surface area contributed by atoms with Gasteiger partial charge in [0.2, 0.25) is 0 Å². The van der Waals surface area contributed by atoms with Crippen LogP contribution in [0, 0.1) is 5.92 Å². The van der Waals surface area contributed by atoms with Crippen LogP contribution in [0.15, 0.2) is 30.4 Å². The number of nitrogens with two attached hydrogens (primary N) is 1. The van der Waals surface area contributed by atoms with Gasteiger partial charge in [-0.1, -0.05) is 18.2 Å². The van der Waals surface area contributed by atoms with Gasteiger partial charge in [0, 0.05) is 5.54 Å². The first-order valence-electron chi connectivity index (χ1n) is 6.35. The van der Waals surface area contributed by atoms with Crippen LogP contribution >= 0.6 is 0 Å². The zero-order valence-electron chi connectivity index (χ0n) is 10.3. The molecule has 2 atom stereocenters. The molecule has 2 N–H and O–H groups in total. The van der Waals surface area contributed by atoms with Gasteiger partial charge in [-0.3, -0.25) is 0 Å². The minimum atomic E-state index is -0.170. The van der Waals surface area contributed by atoms with E-state index in [0.29, 0.717) is 5.92 Å². The average molecular weight is 229 g/mol. The van der Waals surface area contributed by atoms with Gasteiger partial charge < -0.3 is 10.5 Å². The quantitative estimate of drug-likeness (QED) is 0.751. The molecule has 0 spiro atoms. The van der Waals surface area contributed by atoms with Crippen LogP contribution < -0.4 is 10.5 Å². The van der Waals surface area contributed by atoms with Crippen LogP contribution in [0.1, 0.15) is 30.4 Å². The van der Waals surface area contributed by atoms with E-state index in [4.69, 9.17) is 10.5 Å². The van der Waals surface area contributed by atoms with Gasteiger partial charge in [-0.05, 0) is 54.9 Å². The van der Waals surface area contributed by atoms with Crippen molar-refractivity contribution in [1.82, 2.24) is 0 Å². The molecule has 0 aromatic heterocycles. The molecule has 2 aliphatic rings. The zero-order valence-corrected chi connectivity index (χ0v) is 10.3. The molecule has 1 aromatic rings.